The second kappa shape index (κ2) is 5.49. The Kier molecular flexibility index (Phi) is 3.90. The van der Waals surface area contributed by atoms with Crippen LogP contribution in [0.4, 0.5) is 0 Å². The molecule has 0 spiro atoms. The third kappa shape index (κ3) is 2.71. The topological polar surface area (TPSA) is 112 Å². The maximum absolute atomic E-state index is 12.4. The van der Waals surface area contributed by atoms with Crippen molar-refractivity contribution >= 4 is 17.5 Å². The largest absolute Gasteiger partial charge is 0.507 e. The summed E-state index contributed by atoms with van der Waals surface area (Å²) in [5.74, 6) is -2.41. The predicted molar refractivity (Wildman–Crippen MR) is 72.3 cm³/mol. The van der Waals surface area contributed by atoms with E-state index >= 15 is 0 Å². The van der Waals surface area contributed by atoms with Gasteiger partial charge in [0.25, 0.3) is 0 Å². The van der Waals surface area contributed by atoms with Crippen LogP contribution >= 0.6 is 0 Å². The number of phenolic OH excluding ortho intramolecular Hbond substituents is 1. The summed E-state index contributed by atoms with van der Waals surface area (Å²) in [5.41, 5.74) is 0.241. The number of hydrogen-bond acceptors (Lipinski definition) is 5. The Balaban J connectivity index is 2.41. The van der Waals surface area contributed by atoms with Crippen molar-refractivity contribution in [2.75, 3.05) is 0 Å². The van der Waals surface area contributed by atoms with Crippen molar-refractivity contribution in [3.05, 3.63) is 40.5 Å². The molecule has 1 aromatic rings. The molecule has 1 atom stereocenters. The average molecular weight is 290 g/mol. The number of aliphatic hydroxyl groups excluding tert-OH is 1. The van der Waals surface area contributed by atoms with Crippen LogP contribution in [0, 0.1) is 0 Å². The molecule has 0 heterocycles. The number of hydrogen-bond donors (Lipinski definition) is 3. The standard InChI is InChI=1S/C15H14O6/c1-7-10(5-8(16)6-12(18)19)15(21)9-3-2-4-11(17)13(9)14(7)20/h2-4,8,16-17H,5-6H2,1H3,(H,18,19). The van der Waals surface area contributed by atoms with Crippen LogP contribution in [0.3, 0.4) is 0 Å². The lowest BCUT2D eigenvalue weighted by atomic mass is 9.82. The van der Waals surface area contributed by atoms with E-state index in [0.29, 0.717) is 0 Å². The Morgan fingerprint density at radius 1 is 1.24 bits per heavy atom. The molecule has 3 N–H and O–H groups in total. The third-order valence-corrected chi connectivity index (χ3v) is 3.43. The molecule has 21 heavy (non-hydrogen) atoms. The molecule has 1 unspecified atom stereocenters. The highest BCUT2D eigenvalue weighted by atomic mass is 16.4. The van der Waals surface area contributed by atoms with E-state index in [0.717, 1.165) is 0 Å². The van der Waals surface area contributed by atoms with E-state index in [1.807, 2.05) is 0 Å². The molecule has 6 heteroatoms. The first-order valence-electron chi connectivity index (χ1n) is 6.34. The minimum absolute atomic E-state index is 0.0449. The third-order valence-electron chi connectivity index (χ3n) is 3.43. The zero-order valence-corrected chi connectivity index (χ0v) is 11.3. The summed E-state index contributed by atoms with van der Waals surface area (Å²) in [6, 6.07) is 4.19. The predicted octanol–water partition coefficient (Wildman–Crippen LogP) is 1.31. The fourth-order valence-electron chi connectivity index (χ4n) is 2.38. The smallest absolute Gasteiger partial charge is 0.305 e. The summed E-state index contributed by atoms with van der Waals surface area (Å²) in [7, 11) is 0. The van der Waals surface area contributed by atoms with Gasteiger partial charge in [-0.2, -0.15) is 0 Å². The Morgan fingerprint density at radius 3 is 2.52 bits per heavy atom. The van der Waals surface area contributed by atoms with E-state index < -0.39 is 30.1 Å². The van der Waals surface area contributed by atoms with Crippen LogP contribution < -0.4 is 0 Å². The van der Waals surface area contributed by atoms with Crippen molar-refractivity contribution in [1.29, 1.82) is 0 Å². The Bertz CT molecular complexity index is 671. The lowest BCUT2D eigenvalue weighted by Gasteiger charge is -2.21. The van der Waals surface area contributed by atoms with Crippen LogP contribution in [-0.4, -0.2) is 39.0 Å². The number of aromatic hydroxyl groups is 1. The normalized spacial score (nSPS) is 15.9. The molecular formula is C15H14O6. The van der Waals surface area contributed by atoms with E-state index in [-0.39, 0.29) is 34.4 Å². The van der Waals surface area contributed by atoms with Crippen molar-refractivity contribution in [2.45, 2.75) is 25.9 Å². The van der Waals surface area contributed by atoms with Gasteiger partial charge in [0, 0.05) is 23.1 Å². The minimum Gasteiger partial charge on any atom is -0.507 e. The summed E-state index contributed by atoms with van der Waals surface area (Å²) >= 11 is 0. The van der Waals surface area contributed by atoms with Crippen molar-refractivity contribution in [1.82, 2.24) is 0 Å². The Morgan fingerprint density at radius 2 is 1.90 bits per heavy atom. The zero-order chi connectivity index (χ0) is 15.7. The molecule has 2 rings (SSSR count). The summed E-state index contributed by atoms with van der Waals surface area (Å²) in [6.45, 7) is 1.43. The van der Waals surface area contributed by atoms with Crippen LogP contribution in [0.1, 0.15) is 40.5 Å². The number of fused-ring (bicyclic) bond motifs is 1. The van der Waals surface area contributed by atoms with Crippen LogP contribution in [-0.2, 0) is 4.79 Å². The molecule has 0 fully saturated rings. The maximum atomic E-state index is 12.4. The molecule has 0 saturated heterocycles. The molecule has 110 valence electrons. The minimum atomic E-state index is -1.25. The summed E-state index contributed by atoms with van der Waals surface area (Å²) < 4.78 is 0. The van der Waals surface area contributed by atoms with Crippen LogP contribution in [0.5, 0.6) is 5.75 Å². The van der Waals surface area contributed by atoms with Gasteiger partial charge in [-0.15, -0.1) is 0 Å². The number of allylic oxidation sites excluding steroid dienone is 1. The van der Waals surface area contributed by atoms with Gasteiger partial charge in [-0.1, -0.05) is 12.1 Å². The molecule has 6 nitrogen and oxygen atoms in total. The highest BCUT2D eigenvalue weighted by Gasteiger charge is 2.32. The first-order chi connectivity index (χ1) is 9.82. The highest BCUT2D eigenvalue weighted by molar-refractivity contribution is 6.27. The maximum Gasteiger partial charge on any atom is 0.305 e. The van der Waals surface area contributed by atoms with E-state index in [2.05, 4.69) is 0 Å². The summed E-state index contributed by atoms with van der Waals surface area (Å²) in [5, 5.41) is 28.0. The molecule has 0 bridgehead atoms. The Hall–Kier alpha value is -2.47. The number of carbonyl (C=O) groups is 3. The van der Waals surface area contributed by atoms with Crippen LogP contribution in [0.2, 0.25) is 0 Å². The first-order valence-corrected chi connectivity index (χ1v) is 6.34. The van der Waals surface area contributed by atoms with Crippen molar-refractivity contribution in [3.63, 3.8) is 0 Å². The first kappa shape index (κ1) is 14.9. The van der Waals surface area contributed by atoms with E-state index in [4.69, 9.17) is 5.11 Å². The van der Waals surface area contributed by atoms with Gasteiger partial charge in [0.1, 0.15) is 5.75 Å². The van der Waals surface area contributed by atoms with Gasteiger partial charge in [0.15, 0.2) is 11.6 Å². The number of ketones is 2. The second-order valence-corrected chi connectivity index (χ2v) is 4.92. The number of carboxylic acid groups (broad SMARTS) is 1. The monoisotopic (exact) mass is 290 g/mol. The molecule has 1 aliphatic carbocycles. The number of rotatable bonds is 4. The number of phenols is 1. The highest BCUT2D eigenvalue weighted by Crippen LogP contribution is 2.33. The van der Waals surface area contributed by atoms with Crippen LogP contribution in [0.15, 0.2) is 29.3 Å². The molecule has 0 saturated carbocycles. The van der Waals surface area contributed by atoms with Crippen LogP contribution in [0.25, 0.3) is 0 Å². The fraction of sp³-hybridized carbons (Fsp3) is 0.267. The fourth-order valence-corrected chi connectivity index (χ4v) is 2.38. The number of carboxylic acids is 1. The number of carbonyl (C=O) groups excluding carboxylic acids is 2. The zero-order valence-electron chi connectivity index (χ0n) is 11.3. The van der Waals surface area contributed by atoms with E-state index in [1.54, 1.807) is 0 Å². The summed E-state index contributed by atoms with van der Waals surface area (Å²) in [6.07, 6.45) is -1.97. The van der Waals surface area contributed by atoms with Gasteiger partial charge in [0.2, 0.25) is 0 Å². The average Bonchev–Trinajstić information content (AvgIpc) is 2.40. The molecule has 0 aromatic heterocycles. The molecule has 1 aliphatic rings. The van der Waals surface area contributed by atoms with Crippen molar-refractivity contribution in [3.8, 4) is 5.75 Å². The quantitative estimate of drug-likeness (QED) is 0.771. The second-order valence-electron chi connectivity index (χ2n) is 4.92. The molecule has 0 amide bonds. The van der Waals surface area contributed by atoms with Gasteiger partial charge < -0.3 is 15.3 Å². The molecule has 0 radical (unpaired) electrons. The van der Waals surface area contributed by atoms with Gasteiger partial charge in [-0.3, -0.25) is 14.4 Å². The number of Topliss-reactive ketones (excluding diaryl/α,β-unsaturated/α-hetero) is 2. The lowest BCUT2D eigenvalue weighted by molar-refractivity contribution is -0.139. The van der Waals surface area contributed by atoms with Gasteiger partial charge in [-0.05, 0) is 13.0 Å². The molecule has 0 aliphatic heterocycles. The number of benzene rings is 1. The van der Waals surface area contributed by atoms with E-state index in [9.17, 15) is 24.6 Å². The summed E-state index contributed by atoms with van der Waals surface area (Å²) in [4.78, 5) is 35.2. The molecule has 1 aromatic carbocycles. The van der Waals surface area contributed by atoms with Crippen molar-refractivity contribution in [2.24, 2.45) is 0 Å². The van der Waals surface area contributed by atoms with Gasteiger partial charge >= 0.3 is 5.97 Å². The van der Waals surface area contributed by atoms with E-state index in [1.165, 1.54) is 25.1 Å². The Labute approximate surface area is 120 Å². The van der Waals surface area contributed by atoms with Crippen molar-refractivity contribution < 1.29 is 29.7 Å². The van der Waals surface area contributed by atoms with Gasteiger partial charge in [0.05, 0.1) is 18.1 Å². The lowest BCUT2D eigenvalue weighted by Crippen LogP contribution is -2.24. The number of aliphatic carboxylic acids is 1. The molecular weight excluding hydrogens is 276 g/mol. The SMILES string of the molecule is CC1=C(CC(O)CC(=O)O)C(=O)c2cccc(O)c2C1=O. The number of aliphatic hydroxyl groups is 1. The van der Waals surface area contributed by atoms with Gasteiger partial charge in [-0.25, -0.2) is 0 Å².